The Labute approximate surface area is 126 Å². The normalized spacial score (nSPS) is 19.4. The zero-order valence-corrected chi connectivity index (χ0v) is 12.8. The summed E-state index contributed by atoms with van der Waals surface area (Å²) in [5.74, 6) is 0.365. The highest BCUT2D eigenvalue weighted by atomic mass is 35.5. The summed E-state index contributed by atoms with van der Waals surface area (Å²) < 4.78 is 1.51. The zero-order chi connectivity index (χ0) is 13.4. The second-order valence-corrected chi connectivity index (χ2v) is 7.02. The lowest BCUT2D eigenvalue weighted by molar-refractivity contribution is 0.471. The van der Waals surface area contributed by atoms with Gasteiger partial charge in [0.15, 0.2) is 0 Å². The summed E-state index contributed by atoms with van der Waals surface area (Å²) in [6.45, 7) is 0. The van der Waals surface area contributed by atoms with Gasteiger partial charge in [-0.05, 0) is 37.6 Å². The van der Waals surface area contributed by atoms with Gasteiger partial charge in [-0.2, -0.15) is 0 Å². The SMILES string of the molecule is CNC(c1cc(Cl)sc1Cl)C1CCc2cccnc21. The van der Waals surface area contributed by atoms with E-state index in [1.807, 2.05) is 25.4 Å². The molecule has 0 radical (unpaired) electrons. The lowest BCUT2D eigenvalue weighted by Crippen LogP contribution is -2.23. The van der Waals surface area contributed by atoms with Gasteiger partial charge in [-0.25, -0.2) is 0 Å². The second-order valence-electron chi connectivity index (χ2n) is 4.74. The summed E-state index contributed by atoms with van der Waals surface area (Å²) in [6, 6.07) is 6.31. The van der Waals surface area contributed by atoms with Crippen molar-refractivity contribution in [3.05, 3.63) is 49.9 Å². The highest BCUT2D eigenvalue weighted by Crippen LogP contribution is 2.44. The molecule has 0 fully saturated rings. The molecule has 2 unspecified atom stereocenters. The van der Waals surface area contributed by atoms with Crippen LogP contribution in [-0.4, -0.2) is 12.0 Å². The van der Waals surface area contributed by atoms with E-state index < -0.39 is 0 Å². The third kappa shape index (κ3) is 2.40. The minimum atomic E-state index is 0.174. The molecule has 2 heterocycles. The number of rotatable bonds is 3. The number of hydrogen-bond acceptors (Lipinski definition) is 3. The molecule has 5 heteroatoms. The van der Waals surface area contributed by atoms with Crippen molar-refractivity contribution in [3.8, 4) is 0 Å². The van der Waals surface area contributed by atoms with Crippen LogP contribution in [0.15, 0.2) is 24.4 Å². The average molecular weight is 313 g/mol. The van der Waals surface area contributed by atoms with Gasteiger partial charge in [0, 0.05) is 29.4 Å². The predicted octanol–water partition coefficient (Wildman–Crippen LogP) is 4.44. The van der Waals surface area contributed by atoms with Crippen molar-refractivity contribution in [2.45, 2.75) is 24.8 Å². The minimum Gasteiger partial charge on any atom is -0.312 e. The van der Waals surface area contributed by atoms with Crippen molar-refractivity contribution in [2.24, 2.45) is 0 Å². The molecule has 1 N–H and O–H groups in total. The molecule has 2 aromatic heterocycles. The molecule has 100 valence electrons. The van der Waals surface area contributed by atoms with Crippen molar-refractivity contribution >= 4 is 34.5 Å². The van der Waals surface area contributed by atoms with E-state index in [-0.39, 0.29) is 6.04 Å². The first-order valence-corrected chi connectivity index (χ1v) is 7.83. The van der Waals surface area contributed by atoms with E-state index >= 15 is 0 Å². The molecule has 2 nitrogen and oxygen atoms in total. The highest BCUT2D eigenvalue weighted by molar-refractivity contribution is 7.20. The number of hydrogen-bond donors (Lipinski definition) is 1. The number of halogens is 2. The first kappa shape index (κ1) is 13.4. The Kier molecular flexibility index (Phi) is 3.81. The fourth-order valence-electron chi connectivity index (χ4n) is 2.91. The zero-order valence-electron chi connectivity index (χ0n) is 10.5. The van der Waals surface area contributed by atoms with E-state index in [0.717, 1.165) is 27.1 Å². The fourth-order valence-corrected chi connectivity index (χ4v) is 4.46. The van der Waals surface area contributed by atoms with Gasteiger partial charge >= 0.3 is 0 Å². The largest absolute Gasteiger partial charge is 0.312 e. The number of aryl methyl sites for hydroxylation is 1. The first-order valence-electron chi connectivity index (χ1n) is 6.26. The van der Waals surface area contributed by atoms with Gasteiger partial charge in [0.05, 0.1) is 8.67 Å². The van der Waals surface area contributed by atoms with Gasteiger partial charge in [0.1, 0.15) is 0 Å². The van der Waals surface area contributed by atoms with Crippen molar-refractivity contribution < 1.29 is 0 Å². The van der Waals surface area contributed by atoms with E-state index in [0.29, 0.717) is 5.92 Å². The summed E-state index contributed by atoms with van der Waals surface area (Å²) in [5, 5.41) is 3.38. The maximum atomic E-state index is 6.30. The van der Waals surface area contributed by atoms with Crippen LogP contribution in [0.25, 0.3) is 0 Å². The molecule has 0 saturated carbocycles. The summed E-state index contributed by atoms with van der Waals surface area (Å²) in [7, 11) is 1.97. The maximum absolute atomic E-state index is 6.30. The molecule has 19 heavy (non-hydrogen) atoms. The van der Waals surface area contributed by atoms with Crippen LogP contribution in [0.2, 0.25) is 8.67 Å². The molecule has 0 saturated heterocycles. The molecule has 0 amide bonds. The fraction of sp³-hybridized carbons (Fsp3) is 0.357. The molecule has 0 aliphatic heterocycles. The molecule has 0 aromatic carbocycles. The average Bonchev–Trinajstić information content (AvgIpc) is 2.96. The monoisotopic (exact) mass is 312 g/mol. The van der Waals surface area contributed by atoms with Crippen molar-refractivity contribution in [1.82, 2.24) is 10.3 Å². The van der Waals surface area contributed by atoms with E-state index in [1.165, 1.54) is 22.6 Å². The Morgan fingerprint density at radius 3 is 3.00 bits per heavy atom. The number of aromatic nitrogens is 1. The summed E-state index contributed by atoms with van der Waals surface area (Å²) in [4.78, 5) is 4.56. The molecule has 2 atom stereocenters. The number of thiophene rings is 1. The van der Waals surface area contributed by atoms with Crippen molar-refractivity contribution in [2.75, 3.05) is 7.05 Å². The minimum absolute atomic E-state index is 0.174. The first-order chi connectivity index (χ1) is 9.20. The van der Waals surface area contributed by atoms with Gasteiger partial charge in [-0.3, -0.25) is 4.98 Å². The number of nitrogens with one attached hydrogen (secondary N) is 1. The van der Waals surface area contributed by atoms with E-state index in [2.05, 4.69) is 16.4 Å². The number of likely N-dealkylation sites (N-methyl/N-ethyl adjacent to an activating group) is 1. The number of pyridine rings is 1. The molecule has 2 aromatic rings. The molecule has 3 rings (SSSR count). The summed E-state index contributed by atoms with van der Waals surface area (Å²) in [5.41, 5.74) is 3.63. The van der Waals surface area contributed by atoms with Crippen molar-refractivity contribution in [1.29, 1.82) is 0 Å². The Bertz CT molecular complexity index is 597. The van der Waals surface area contributed by atoms with Gasteiger partial charge in [0.2, 0.25) is 0 Å². The standard InChI is InChI=1S/C14H14Cl2N2S/c1-17-13(10-7-11(15)19-14(10)16)9-5-4-8-3-2-6-18-12(8)9/h2-3,6-7,9,13,17H,4-5H2,1H3. The van der Waals surface area contributed by atoms with Crippen LogP contribution in [0, 0.1) is 0 Å². The van der Waals surface area contributed by atoms with E-state index in [1.54, 1.807) is 0 Å². The molecule has 0 spiro atoms. The molecular weight excluding hydrogens is 299 g/mol. The lowest BCUT2D eigenvalue weighted by Gasteiger charge is -2.23. The molecule has 0 bridgehead atoms. The quantitative estimate of drug-likeness (QED) is 0.906. The van der Waals surface area contributed by atoms with Crippen LogP contribution in [0.1, 0.15) is 35.2 Å². The van der Waals surface area contributed by atoms with Crippen LogP contribution in [0.3, 0.4) is 0 Å². The van der Waals surface area contributed by atoms with Crippen LogP contribution in [-0.2, 0) is 6.42 Å². The molecule has 1 aliphatic rings. The Morgan fingerprint density at radius 1 is 1.47 bits per heavy atom. The number of fused-ring (bicyclic) bond motifs is 1. The van der Waals surface area contributed by atoms with Crippen molar-refractivity contribution in [3.63, 3.8) is 0 Å². The van der Waals surface area contributed by atoms with Crippen LogP contribution in [0.5, 0.6) is 0 Å². The lowest BCUT2D eigenvalue weighted by atomic mass is 9.92. The summed E-state index contributed by atoms with van der Waals surface area (Å²) >= 11 is 13.8. The van der Waals surface area contributed by atoms with Gasteiger partial charge in [0.25, 0.3) is 0 Å². The van der Waals surface area contributed by atoms with Crippen LogP contribution < -0.4 is 5.32 Å². The maximum Gasteiger partial charge on any atom is 0.0992 e. The second kappa shape index (κ2) is 5.41. The number of nitrogens with zero attached hydrogens (tertiary/aromatic N) is 1. The Balaban J connectivity index is 1.99. The third-order valence-corrected chi connectivity index (χ3v) is 5.25. The Hall–Kier alpha value is -0.610. The van der Waals surface area contributed by atoms with Crippen LogP contribution in [0.4, 0.5) is 0 Å². The molecule has 1 aliphatic carbocycles. The summed E-state index contributed by atoms with van der Waals surface area (Å²) in [6.07, 6.45) is 4.05. The topological polar surface area (TPSA) is 24.9 Å². The van der Waals surface area contributed by atoms with Crippen LogP contribution >= 0.6 is 34.5 Å². The molecular formula is C14H14Cl2N2S. The third-order valence-electron chi connectivity index (χ3n) is 3.73. The van der Waals surface area contributed by atoms with E-state index in [9.17, 15) is 0 Å². The van der Waals surface area contributed by atoms with Gasteiger partial charge in [-0.15, -0.1) is 11.3 Å². The van der Waals surface area contributed by atoms with Gasteiger partial charge in [-0.1, -0.05) is 29.3 Å². The smallest absolute Gasteiger partial charge is 0.0992 e. The van der Waals surface area contributed by atoms with Gasteiger partial charge < -0.3 is 5.32 Å². The van der Waals surface area contributed by atoms with E-state index in [4.69, 9.17) is 23.2 Å². The highest BCUT2D eigenvalue weighted by Gasteiger charge is 2.32. The Morgan fingerprint density at radius 2 is 2.32 bits per heavy atom. The predicted molar refractivity (Wildman–Crippen MR) is 81.4 cm³/mol.